The number of amides is 3. The van der Waals surface area contributed by atoms with Crippen LogP contribution in [0.2, 0.25) is 0 Å². The maximum Gasteiger partial charge on any atom is 0.405 e. The minimum atomic E-state index is -0.725. The first-order valence-electron chi connectivity index (χ1n) is 6.64. The van der Waals surface area contributed by atoms with E-state index in [1.165, 1.54) is 0 Å². The van der Waals surface area contributed by atoms with Gasteiger partial charge < -0.3 is 10.5 Å². The molecular weight excluding hydrogens is 272 g/mol. The summed E-state index contributed by atoms with van der Waals surface area (Å²) in [4.78, 5) is 31.9. The van der Waals surface area contributed by atoms with E-state index >= 15 is 0 Å². The largest absolute Gasteiger partial charge is 0.444 e. The van der Waals surface area contributed by atoms with Crippen LogP contribution >= 0.6 is 0 Å². The van der Waals surface area contributed by atoms with Crippen molar-refractivity contribution in [1.82, 2.24) is 5.32 Å². The molecule has 1 aliphatic rings. The molecule has 1 aromatic carbocycles. The molecule has 3 amide bonds. The second-order valence-corrected chi connectivity index (χ2v) is 4.86. The van der Waals surface area contributed by atoms with Gasteiger partial charge in [-0.25, -0.2) is 4.79 Å². The third-order valence-electron chi connectivity index (χ3n) is 2.05. The van der Waals surface area contributed by atoms with Crippen LogP contribution in [0, 0.1) is 0 Å². The van der Waals surface area contributed by atoms with Gasteiger partial charge in [0.2, 0.25) is 0 Å². The van der Waals surface area contributed by atoms with E-state index in [2.05, 4.69) is 10.1 Å². The third-order valence-corrected chi connectivity index (χ3v) is 2.05. The number of imide groups is 1. The van der Waals surface area contributed by atoms with E-state index < -0.39 is 11.7 Å². The fourth-order valence-corrected chi connectivity index (χ4v) is 1.42. The molecule has 0 radical (unpaired) electrons. The molecule has 3 N–H and O–H groups in total. The molecule has 0 unspecified atom stereocenters. The average Bonchev–Trinajstić information content (AvgIpc) is 2.66. The molecule has 0 aromatic heterocycles. The van der Waals surface area contributed by atoms with Gasteiger partial charge in [0.15, 0.2) is 0 Å². The highest BCUT2D eigenvalue weighted by molar-refractivity contribution is 6.21. The van der Waals surface area contributed by atoms with E-state index in [-0.39, 0.29) is 11.8 Å². The maximum atomic E-state index is 10.9. The smallest absolute Gasteiger partial charge is 0.405 e. The lowest BCUT2D eigenvalue weighted by molar-refractivity contribution is 0.0599. The van der Waals surface area contributed by atoms with E-state index in [0.717, 1.165) is 0 Å². The van der Waals surface area contributed by atoms with Crippen molar-refractivity contribution in [2.75, 3.05) is 0 Å². The molecule has 0 spiro atoms. The minimum absolute atomic E-state index is 0.300. The van der Waals surface area contributed by atoms with Crippen molar-refractivity contribution < 1.29 is 19.1 Å². The Labute approximate surface area is 124 Å². The Bertz CT molecular complexity index is 486. The molecule has 6 nitrogen and oxygen atoms in total. The lowest BCUT2D eigenvalue weighted by atomic mass is 10.1. The number of hydrogen-bond donors (Lipinski definition) is 2. The molecule has 0 fully saturated rings. The van der Waals surface area contributed by atoms with E-state index in [9.17, 15) is 14.4 Å². The van der Waals surface area contributed by atoms with Crippen LogP contribution in [0.3, 0.4) is 0 Å². The SMILES string of the molecule is CC.CC(C)(C)OC(N)=O.O=C1NC(=O)c2ccccc21. The molecule has 2 rings (SSSR count). The zero-order chi connectivity index (χ0) is 16.6. The number of hydrogen-bond acceptors (Lipinski definition) is 4. The first-order valence-corrected chi connectivity index (χ1v) is 6.64. The number of fused-ring (bicyclic) bond motifs is 1. The molecule has 0 aliphatic carbocycles. The number of benzene rings is 1. The summed E-state index contributed by atoms with van der Waals surface area (Å²) in [7, 11) is 0. The molecule has 0 atom stereocenters. The normalized spacial score (nSPS) is 12.0. The summed E-state index contributed by atoms with van der Waals surface area (Å²) in [6, 6.07) is 6.74. The van der Waals surface area contributed by atoms with Crippen LogP contribution in [0.5, 0.6) is 0 Å². The van der Waals surface area contributed by atoms with Crippen LogP contribution in [-0.2, 0) is 4.74 Å². The summed E-state index contributed by atoms with van der Waals surface area (Å²) in [5.41, 5.74) is 5.20. The number of carbonyl (C=O) groups is 3. The van der Waals surface area contributed by atoms with E-state index in [0.29, 0.717) is 11.1 Å². The van der Waals surface area contributed by atoms with Crippen LogP contribution in [0.15, 0.2) is 24.3 Å². The molecule has 6 heteroatoms. The summed E-state index contributed by atoms with van der Waals surface area (Å²) in [6.07, 6.45) is -0.725. The maximum absolute atomic E-state index is 10.9. The zero-order valence-corrected chi connectivity index (χ0v) is 13.0. The minimum Gasteiger partial charge on any atom is -0.444 e. The van der Waals surface area contributed by atoms with Crippen molar-refractivity contribution in [1.29, 1.82) is 0 Å². The van der Waals surface area contributed by atoms with Gasteiger partial charge >= 0.3 is 6.09 Å². The topological polar surface area (TPSA) is 98.5 Å². The molecule has 0 saturated heterocycles. The van der Waals surface area contributed by atoms with Gasteiger partial charge in [0, 0.05) is 0 Å². The highest BCUT2D eigenvalue weighted by Gasteiger charge is 2.25. The van der Waals surface area contributed by atoms with Crippen molar-refractivity contribution in [2.24, 2.45) is 5.73 Å². The Morgan fingerprint density at radius 1 is 1.05 bits per heavy atom. The summed E-state index contributed by atoms with van der Waals surface area (Å²) in [5, 5.41) is 2.20. The van der Waals surface area contributed by atoms with Gasteiger partial charge in [-0.15, -0.1) is 0 Å². The van der Waals surface area contributed by atoms with Gasteiger partial charge in [-0.05, 0) is 32.9 Å². The molecule has 116 valence electrons. The van der Waals surface area contributed by atoms with Gasteiger partial charge in [-0.3, -0.25) is 14.9 Å². The predicted octanol–water partition coefficient (Wildman–Crippen LogP) is 2.48. The Morgan fingerprint density at radius 3 is 1.67 bits per heavy atom. The third kappa shape index (κ3) is 6.56. The summed E-state index contributed by atoms with van der Waals surface area (Å²) in [6.45, 7) is 9.28. The number of primary amides is 1. The van der Waals surface area contributed by atoms with Crippen LogP contribution in [0.4, 0.5) is 4.79 Å². The number of nitrogens with one attached hydrogen (secondary N) is 1. The van der Waals surface area contributed by atoms with Gasteiger partial charge in [0.05, 0.1) is 11.1 Å². The van der Waals surface area contributed by atoms with Crippen LogP contribution in [0.1, 0.15) is 55.3 Å². The highest BCUT2D eigenvalue weighted by atomic mass is 16.6. The second-order valence-electron chi connectivity index (χ2n) is 4.86. The van der Waals surface area contributed by atoms with Crippen molar-refractivity contribution in [3.05, 3.63) is 35.4 Å². The van der Waals surface area contributed by atoms with Crippen molar-refractivity contribution in [3.63, 3.8) is 0 Å². The quantitative estimate of drug-likeness (QED) is 0.718. The average molecular weight is 294 g/mol. The number of carbonyl (C=O) groups excluding carboxylic acids is 3. The van der Waals surface area contributed by atoms with Gasteiger partial charge in [0.1, 0.15) is 5.60 Å². The van der Waals surface area contributed by atoms with Gasteiger partial charge in [0.25, 0.3) is 11.8 Å². The predicted molar refractivity (Wildman–Crippen MR) is 80.0 cm³/mol. The van der Waals surface area contributed by atoms with Crippen LogP contribution in [-0.4, -0.2) is 23.5 Å². The molecule has 1 aromatic rings. The lowest BCUT2D eigenvalue weighted by Crippen LogP contribution is -2.27. The number of rotatable bonds is 0. The molecule has 0 saturated carbocycles. The fourth-order valence-electron chi connectivity index (χ4n) is 1.42. The summed E-state index contributed by atoms with van der Waals surface area (Å²) in [5.74, 6) is -0.601. The highest BCUT2D eigenvalue weighted by Crippen LogP contribution is 2.13. The molecule has 0 bridgehead atoms. The van der Waals surface area contributed by atoms with Crippen molar-refractivity contribution >= 4 is 17.9 Å². The monoisotopic (exact) mass is 294 g/mol. The van der Waals surface area contributed by atoms with E-state index in [4.69, 9.17) is 5.73 Å². The van der Waals surface area contributed by atoms with E-state index in [1.54, 1.807) is 45.0 Å². The Kier molecular flexibility index (Phi) is 7.13. The molecule has 1 aliphatic heterocycles. The molecule has 21 heavy (non-hydrogen) atoms. The van der Waals surface area contributed by atoms with Crippen molar-refractivity contribution in [3.8, 4) is 0 Å². The zero-order valence-electron chi connectivity index (χ0n) is 13.0. The fraction of sp³-hybridized carbons (Fsp3) is 0.400. The lowest BCUT2D eigenvalue weighted by Gasteiger charge is -2.16. The first kappa shape index (κ1) is 18.6. The first-order chi connectivity index (χ1) is 9.70. The standard InChI is InChI=1S/C8H5NO2.C5H11NO2.C2H6/c10-7-5-3-1-2-4-6(5)8(11)9-7;1-5(2,3)8-4(6)7;1-2/h1-4H,(H,9,10,11);1-3H3,(H2,6,7);1-2H3. The molecular formula is C15H22N2O4. The number of nitrogens with two attached hydrogens (primary N) is 1. The molecule has 1 heterocycles. The summed E-state index contributed by atoms with van der Waals surface area (Å²) >= 11 is 0. The van der Waals surface area contributed by atoms with Crippen LogP contribution in [0.25, 0.3) is 0 Å². The van der Waals surface area contributed by atoms with Crippen molar-refractivity contribution in [2.45, 2.75) is 40.2 Å². The summed E-state index contributed by atoms with van der Waals surface area (Å²) < 4.78 is 4.58. The Morgan fingerprint density at radius 2 is 1.43 bits per heavy atom. The van der Waals surface area contributed by atoms with Gasteiger partial charge in [-0.2, -0.15) is 0 Å². The second kappa shape index (κ2) is 8.04. The Hall–Kier alpha value is -2.37. The van der Waals surface area contributed by atoms with Crippen LogP contribution < -0.4 is 11.1 Å². The number of ether oxygens (including phenoxy) is 1. The Balaban J connectivity index is 0.000000358. The van der Waals surface area contributed by atoms with E-state index in [1.807, 2.05) is 13.8 Å². The van der Waals surface area contributed by atoms with Gasteiger partial charge in [-0.1, -0.05) is 26.0 Å².